The van der Waals surface area contributed by atoms with Crippen LogP contribution < -0.4 is 20.7 Å². The zero-order valence-corrected chi connectivity index (χ0v) is 18.2. The van der Waals surface area contributed by atoms with Crippen LogP contribution in [0.25, 0.3) is 0 Å². The van der Waals surface area contributed by atoms with Crippen LogP contribution >= 0.6 is 15.9 Å². The van der Waals surface area contributed by atoms with Crippen molar-refractivity contribution in [2.45, 2.75) is 31.8 Å². The van der Waals surface area contributed by atoms with Crippen LogP contribution in [0, 0.1) is 11.8 Å². The van der Waals surface area contributed by atoms with Crippen molar-refractivity contribution in [1.82, 2.24) is 5.32 Å². The monoisotopic (exact) mass is 457 g/mol. The van der Waals surface area contributed by atoms with Crippen LogP contribution in [0.2, 0.25) is 0 Å². The SMILES string of the molecule is COc1ccc(NC(=O)[C@H]2C[C@H](C(C)C)N[C@]23C(=O)Nc2ccc(Br)cc23)cc1. The van der Waals surface area contributed by atoms with Crippen LogP contribution in [0.5, 0.6) is 5.75 Å². The molecule has 2 heterocycles. The van der Waals surface area contributed by atoms with Gasteiger partial charge in [0.05, 0.1) is 13.0 Å². The van der Waals surface area contributed by atoms with E-state index in [1.165, 1.54) is 0 Å². The molecule has 3 atom stereocenters. The number of ether oxygens (including phenoxy) is 1. The summed E-state index contributed by atoms with van der Waals surface area (Å²) in [5.74, 6) is 0.121. The number of carbonyl (C=O) groups is 2. The number of benzene rings is 2. The Kier molecular flexibility index (Phi) is 5.12. The third kappa shape index (κ3) is 3.32. The Morgan fingerprint density at radius 2 is 1.97 bits per heavy atom. The van der Waals surface area contributed by atoms with Crippen molar-refractivity contribution >= 4 is 39.1 Å². The van der Waals surface area contributed by atoms with E-state index in [1.807, 2.05) is 18.2 Å². The molecule has 0 aromatic heterocycles. The summed E-state index contributed by atoms with van der Waals surface area (Å²) in [6.07, 6.45) is 0.582. The molecule has 1 spiro atoms. The first-order valence-corrected chi connectivity index (χ1v) is 10.5. The van der Waals surface area contributed by atoms with Gasteiger partial charge in [0.25, 0.3) is 0 Å². The fourth-order valence-electron chi connectivity index (χ4n) is 4.31. The molecule has 0 aliphatic carbocycles. The first-order chi connectivity index (χ1) is 13.8. The van der Waals surface area contributed by atoms with Gasteiger partial charge in [0.1, 0.15) is 11.3 Å². The predicted molar refractivity (Wildman–Crippen MR) is 116 cm³/mol. The van der Waals surface area contributed by atoms with E-state index in [2.05, 4.69) is 45.7 Å². The lowest BCUT2D eigenvalue weighted by atomic mass is 9.79. The van der Waals surface area contributed by atoms with Gasteiger partial charge in [0, 0.05) is 27.5 Å². The zero-order chi connectivity index (χ0) is 20.8. The molecular weight excluding hydrogens is 434 g/mol. The third-order valence-electron chi connectivity index (χ3n) is 5.92. The summed E-state index contributed by atoms with van der Waals surface area (Å²) in [5.41, 5.74) is 1.16. The van der Waals surface area contributed by atoms with Crippen molar-refractivity contribution in [1.29, 1.82) is 0 Å². The minimum atomic E-state index is -1.08. The fourth-order valence-corrected chi connectivity index (χ4v) is 4.67. The van der Waals surface area contributed by atoms with Crippen molar-refractivity contribution in [3.8, 4) is 5.75 Å². The van der Waals surface area contributed by atoms with E-state index in [1.54, 1.807) is 31.4 Å². The molecule has 0 radical (unpaired) electrons. The minimum Gasteiger partial charge on any atom is -0.497 e. The second kappa shape index (κ2) is 7.46. The Balaban J connectivity index is 1.71. The topological polar surface area (TPSA) is 79.5 Å². The Hall–Kier alpha value is -2.38. The van der Waals surface area contributed by atoms with Gasteiger partial charge >= 0.3 is 0 Å². The summed E-state index contributed by atoms with van der Waals surface area (Å²) in [6.45, 7) is 4.20. The zero-order valence-electron chi connectivity index (χ0n) is 16.6. The standard InChI is InChI=1S/C22H24BrN3O3/c1-12(2)19-11-17(20(27)24-14-5-7-15(29-3)8-6-14)22(26-19)16-10-13(23)4-9-18(16)25-21(22)28/h4-10,12,17,19,26H,11H2,1-3H3,(H,24,27)(H,25,28)/t17-,19-,22+/m1/s1. The number of anilines is 2. The van der Waals surface area contributed by atoms with Crippen molar-refractivity contribution in [2.75, 3.05) is 17.7 Å². The van der Waals surface area contributed by atoms with E-state index in [0.29, 0.717) is 12.1 Å². The largest absolute Gasteiger partial charge is 0.497 e. The van der Waals surface area contributed by atoms with Crippen molar-refractivity contribution in [2.24, 2.45) is 11.8 Å². The Morgan fingerprint density at radius 3 is 2.62 bits per heavy atom. The van der Waals surface area contributed by atoms with Crippen LogP contribution in [-0.2, 0) is 15.1 Å². The van der Waals surface area contributed by atoms with Crippen LogP contribution in [0.4, 0.5) is 11.4 Å². The first-order valence-electron chi connectivity index (χ1n) is 9.69. The Morgan fingerprint density at radius 1 is 1.24 bits per heavy atom. The first kappa shape index (κ1) is 19.9. The molecule has 2 aromatic rings. The molecule has 4 rings (SSSR count). The van der Waals surface area contributed by atoms with Crippen LogP contribution in [0.3, 0.4) is 0 Å². The summed E-state index contributed by atoms with van der Waals surface area (Å²) in [4.78, 5) is 26.6. The van der Waals surface area contributed by atoms with Crippen molar-refractivity contribution in [3.63, 3.8) is 0 Å². The van der Waals surface area contributed by atoms with Crippen molar-refractivity contribution in [3.05, 3.63) is 52.5 Å². The van der Waals surface area contributed by atoms with Gasteiger partial charge in [-0.05, 0) is 54.8 Å². The number of fused-ring (bicyclic) bond motifs is 2. The highest BCUT2D eigenvalue weighted by Crippen LogP contribution is 2.49. The number of nitrogens with one attached hydrogen (secondary N) is 3. The molecular formula is C22H24BrN3O3. The lowest BCUT2D eigenvalue weighted by Gasteiger charge is -2.29. The number of hydrogen-bond acceptors (Lipinski definition) is 4. The molecule has 1 fully saturated rings. The van der Waals surface area contributed by atoms with Gasteiger partial charge in [-0.15, -0.1) is 0 Å². The molecule has 2 aliphatic rings. The van der Waals surface area contributed by atoms with Gasteiger partial charge in [-0.2, -0.15) is 0 Å². The highest BCUT2D eigenvalue weighted by molar-refractivity contribution is 9.10. The summed E-state index contributed by atoms with van der Waals surface area (Å²) in [5, 5.41) is 9.47. The maximum Gasteiger partial charge on any atom is 0.250 e. The van der Waals surface area contributed by atoms with Crippen molar-refractivity contribution < 1.29 is 14.3 Å². The number of amides is 2. The highest BCUT2D eigenvalue weighted by atomic mass is 79.9. The summed E-state index contributed by atoms with van der Waals surface area (Å²) in [6, 6.07) is 12.9. The van der Waals surface area contributed by atoms with Crippen LogP contribution in [0.1, 0.15) is 25.8 Å². The van der Waals surface area contributed by atoms with Gasteiger partial charge < -0.3 is 15.4 Å². The van der Waals surface area contributed by atoms with E-state index >= 15 is 0 Å². The molecule has 0 unspecified atom stereocenters. The fraction of sp³-hybridized carbons (Fsp3) is 0.364. The maximum absolute atomic E-state index is 13.4. The molecule has 152 valence electrons. The summed E-state index contributed by atoms with van der Waals surface area (Å²) in [7, 11) is 1.60. The van der Waals surface area contributed by atoms with Gasteiger partial charge in [-0.25, -0.2) is 0 Å². The lowest BCUT2D eigenvalue weighted by Crippen LogP contribution is -2.52. The summed E-state index contributed by atoms with van der Waals surface area (Å²) < 4.78 is 6.05. The third-order valence-corrected chi connectivity index (χ3v) is 6.41. The maximum atomic E-state index is 13.4. The summed E-state index contributed by atoms with van der Waals surface area (Å²) >= 11 is 3.50. The van der Waals surface area contributed by atoms with E-state index in [-0.39, 0.29) is 23.8 Å². The molecule has 2 aromatic carbocycles. The minimum absolute atomic E-state index is 0.0531. The van der Waals surface area contributed by atoms with Gasteiger partial charge in [0.2, 0.25) is 11.8 Å². The second-order valence-electron chi connectivity index (χ2n) is 7.95. The van der Waals surface area contributed by atoms with Crippen LogP contribution in [-0.4, -0.2) is 25.0 Å². The van der Waals surface area contributed by atoms with E-state index in [4.69, 9.17) is 4.74 Å². The molecule has 2 aliphatic heterocycles. The molecule has 2 amide bonds. The number of halogens is 1. The van der Waals surface area contributed by atoms with E-state index < -0.39 is 11.5 Å². The molecule has 6 nitrogen and oxygen atoms in total. The molecule has 7 heteroatoms. The molecule has 0 saturated carbocycles. The number of carbonyl (C=O) groups excluding carboxylic acids is 2. The molecule has 29 heavy (non-hydrogen) atoms. The number of rotatable bonds is 4. The molecule has 3 N–H and O–H groups in total. The molecule has 0 bridgehead atoms. The highest BCUT2D eigenvalue weighted by Gasteiger charge is 2.60. The van der Waals surface area contributed by atoms with E-state index in [9.17, 15) is 9.59 Å². The van der Waals surface area contributed by atoms with E-state index in [0.717, 1.165) is 21.5 Å². The molecule has 1 saturated heterocycles. The smallest absolute Gasteiger partial charge is 0.250 e. The number of methoxy groups -OCH3 is 1. The Labute approximate surface area is 178 Å². The number of hydrogen-bond donors (Lipinski definition) is 3. The Bertz CT molecular complexity index is 960. The van der Waals surface area contributed by atoms with Crippen LogP contribution in [0.15, 0.2) is 46.9 Å². The average Bonchev–Trinajstić information content (AvgIpc) is 3.23. The van der Waals surface area contributed by atoms with Gasteiger partial charge in [-0.1, -0.05) is 29.8 Å². The average molecular weight is 458 g/mol. The quantitative estimate of drug-likeness (QED) is 0.650. The van der Waals surface area contributed by atoms with Gasteiger partial charge in [-0.3, -0.25) is 14.9 Å². The normalized spacial score (nSPS) is 25.2. The predicted octanol–water partition coefficient (Wildman–Crippen LogP) is 3.88. The lowest BCUT2D eigenvalue weighted by molar-refractivity contribution is -0.130. The van der Waals surface area contributed by atoms with Gasteiger partial charge in [0.15, 0.2) is 0 Å². The second-order valence-corrected chi connectivity index (χ2v) is 8.87.